The predicted molar refractivity (Wildman–Crippen MR) is 82.0 cm³/mol. The number of benzene rings is 1. The van der Waals surface area contributed by atoms with E-state index in [1.807, 2.05) is 0 Å². The molecule has 0 aliphatic carbocycles. The Morgan fingerprint density at radius 1 is 1.33 bits per heavy atom. The Kier molecular flexibility index (Phi) is 5.50. The highest BCUT2D eigenvalue weighted by molar-refractivity contribution is 9.10. The zero-order valence-electron chi connectivity index (χ0n) is 11.4. The van der Waals surface area contributed by atoms with Crippen molar-refractivity contribution in [2.24, 2.45) is 0 Å². The van der Waals surface area contributed by atoms with E-state index in [2.05, 4.69) is 21.2 Å². The van der Waals surface area contributed by atoms with Crippen LogP contribution in [0.15, 0.2) is 28.7 Å². The average Bonchev–Trinajstić information content (AvgIpc) is 3.00. The van der Waals surface area contributed by atoms with Gasteiger partial charge in [0.2, 0.25) is 11.8 Å². The summed E-state index contributed by atoms with van der Waals surface area (Å²) in [6, 6.07) is 4.48. The van der Waals surface area contributed by atoms with Crippen LogP contribution >= 0.6 is 15.9 Å². The largest absolute Gasteiger partial charge is 0.343 e. The Balaban J connectivity index is 1.85. The number of nitrogens with one attached hydrogen (secondary N) is 1. The number of halogens is 2. The van der Waals surface area contributed by atoms with Gasteiger partial charge in [-0.05, 0) is 37.1 Å². The van der Waals surface area contributed by atoms with Gasteiger partial charge in [0.1, 0.15) is 5.82 Å². The second-order valence-corrected chi connectivity index (χ2v) is 5.72. The number of nitrogens with zero attached hydrogens (tertiary/aromatic N) is 1. The van der Waals surface area contributed by atoms with Gasteiger partial charge >= 0.3 is 0 Å². The minimum atomic E-state index is -0.415. The van der Waals surface area contributed by atoms with Crippen molar-refractivity contribution in [3.63, 3.8) is 0 Å². The van der Waals surface area contributed by atoms with Crippen LogP contribution in [-0.4, -0.2) is 36.3 Å². The molecule has 1 N–H and O–H groups in total. The van der Waals surface area contributed by atoms with Gasteiger partial charge in [0.25, 0.3) is 0 Å². The second-order valence-electron chi connectivity index (χ2n) is 4.80. The number of carbonyl (C=O) groups excluding carboxylic acids is 2. The lowest BCUT2D eigenvalue weighted by atomic mass is 10.2. The third kappa shape index (κ3) is 4.67. The molecule has 1 saturated heterocycles. The van der Waals surface area contributed by atoms with Crippen LogP contribution in [0.3, 0.4) is 0 Å². The van der Waals surface area contributed by atoms with Crippen LogP contribution in [0, 0.1) is 5.82 Å². The molecule has 0 unspecified atom stereocenters. The molecule has 1 aromatic rings. The molecule has 6 heteroatoms. The maximum Gasteiger partial charge on any atom is 0.244 e. The first-order chi connectivity index (χ1) is 10.1. The summed E-state index contributed by atoms with van der Waals surface area (Å²) in [5.74, 6) is -0.903. The maximum atomic E-state index is 13.5. The van der Waals surface area contributed by atoms with E-state index in [1.165, 1.54) is 18.2 Å². The van der Waals surface area contributed by atoms with Gasteiger partial charge in [-0.2, -0.15) is 0 Å². The van der Waals surface area contributed by atoms with Crippen LogP contribution in [0.4, 0.5) is 4.39 Å². The summed E-state index contributed by atoms with van der Waals surface area (Å²) in [5, 5.41) is 2.51. The molecule has 112 valence electrons. The van der Waals surface area contributed by atoms with Gasteiger partial charge in [0, 0.05) is 29.2 Å². The van der Waals surface area contributed by atoms with Gasteiger partial charge in [-0.25, -0.2) is 4.39 Å². The molecule has 0 bridgehead atoms. The minimum absolute atomic E-state index is 0.0237. The van der Waals surface area contributed by atoms with E-state index < -0.39 is 11.7 Å². The highest BCUT2D eigenvalue weighted by atomic mass is 79.9. The zero-order chi connectivity index (χ0) is 15.2. The minimum Gasteiger partial charge on any atom is -0.343 e. The lowest BCUT2D eigenvalue weighted by Crippen LogP contribution is -2.38. The first-order valence-corrected chi connectivity index (χ1v) is 7.54. The summed E-state index contributed by atoms with van der Waals surface area (Å²) in [5.41, 5.74) is 0.311. The topological polar surface area (TPSA) is 49.4 Å². The van der Waals surface area contributed by atoms with Crippen molar-refractivity contribution in [2.45, 2.75) is 12.8 Å². The van der Waals surface area contributed by atoms with Crippen LogP contribution in [-0.2, 0) is 9.59 Å². The summed E-state index contributed by atoms with van der Waals surface area (Å²) >= 11 is 3.24. The molecule has 0 atom stereocenters. The highest BCUT2D eigenvalue weighted by Gasteiger charge is 2.17. The van der Waals surface area contributed by atoms with Gasteiger partial charge in [-0.15, -0.1) is 0 Å². The number of carbonyl (C=O) groups is 2. The average molecular weight is 355 g/mol. The van der Waals surface area contributed by atoms with E-state index in [0.717, 1.165) is 30.4 Å². The van der Waals surface area contributed by atoms with E-state index in [9.17, 15) is 14.0 Å². The zero-order valence-corrected chi connectivity index (χ0v) is 13.0. The SMILES string of the molecule is O=C(/C=C/c1cc(Br)ccc1F)NCC(=O)N1CCCC1. The van der Waals surface area contributed by atoms with Crippen molar-refractivity contribution in [3.8, 4) is 0 Å². The monoisotopic (exact) mass is 354 g/mol. The Hall–Kier alpha value is -1.69. The van der Waals surface area contributed by atoms with E-state index in [0.29, 0.717) is 5.56 Å². The summed E-state index contributed by atoms with van der Waals surface area (Å²) in [6.07, 6.45) is 4.64. The molecule has 0 saturated carbocycles. The quantitative estimate of drug-likeness (QED) is 0.843. The number of hydrogen-bond acceptors (Lipinski definition) is 2. The molecule has 0 aromatic heterocycles. The Bertz CT molecular complexity index is 569. The Morgan fingerprint density at radius 3 is 2.76 bits per heavy atom. The number of hydrogen-bond donors (Lipinski definition) is 1. The van der Waals surface area contributed by atoms with Crippen molar-refractivity contribution in [3.05, 3.63) is 40.1 Å². The van der Waals surface area contributed by atoms with Crippen LogP contribution in [0.1, 0.15) is 18.4 Å². The third-order valence-electron chi connectivity index (χ3n) is 3.24. The molecular weight excluding hydrogens is 339 g/mol. The van der Waals surface area contributed by atoms with Crippen molar-refractivity contribution < 1.29 is 14.0 Å². The first kappa shape index (κ1) is 15.7. The molecule has 1 fully saturated rings. The van der Waals surface area contributed by atoms with Crippen molar-refractivity contribution in [1.29, 1.82) is 0 Å². The molecule has 1 aromatic carbocycles. The van der Waals surface area contributed by atoms with E-state index in [-0.39, 0.29) is 12.5 Å². The Labute approximate surface area is 131 Å². The second kappa shape index (κ2) is 7.36. The number of likely N-dealkylation sites (tertiary alicyclic amines) is 1. The standard InChI is InChI=1S/C15H16BrFN2O2/c16-12-4-5-13(17)11(9-12)3-6-14(20)18-10-15(21)19-7-1-2-8-19/h3-6,9H,1-2,7-8,10H2,(H,18,20)/b6-3+. The van der Waals surface area contributed by atoms with Gasteiger partial charge in [-0.3, -0.25) is 9.59 Å². The first-order valence-electron chi connectivity index (χ1n) is 6.75. The summed E-state index contributed by atoms with van der Waals surface area (Å²) in [7, 11) is 0. The summed E-state index contributed by atoms with van der Waals surface area (Å²) < 4.78 is 14.2. The van der Waals surface area contributed by atoms with Gasteiger partial charge in [0.05, 0.1) is 6.54 Å². The van der Waals surface area contributed by atoms with Gasteiger partial charge < -0.3 is 10.2 Å². The van der Waals surface area contributed by atoms with Crippen LogP contribution in [0.25, 0.3) is 6.08 Å². The number of rotatable bonds is 4. The van der Waals surface area contributed by atoms with Crippen LogP contribution in [0.5, 0.6) is 0 Å². The van der Waals surface area contributed by atoms with Crippen molar-refractivity contribution in [1.82, 2.24) is 10.2 Å². The predicted octanol–water partition coefficient (Wildman–Crippen LogP) is 2.34. The Morgan fingerprint density at radius 2 is 2.05 bits per heavy atom. The third-order valence-corrected chi connectivity index (χ3v) is 3.74. The fraction of sp³-hybridized carbons (Fsp3) is 0.333. The number of amides is 2. The molecular formula is C15H16BrFN2O2. The normalized spacial score (nSPS) is 14.7. The molecule has 4 nitrogen and oxygen atoms in total. The van der Waals surface area contributed by atoms with Gasteiger partial charge in [-0.1, -0.05) is 15.9 Å². The fourth-order valence-corrected chi connectivity index (χ4v) is 2.49. The lowest BCUT2D eigenvalue weighted by Gasteiger charge is -2.14. The fourth-order valence-electron chi connectivity index (χ4n) is 2.11. The smallest absolute Gasteiger partial charge is 0.244 e. The maximum absolute atomic E-state index is 13.5. The van der Waals surface area contributed by atoms with E-state index in [1.54, 1.807) is 17.0 Å². The molecule has 0 radical (unpaired) electrons. The van der Waals surface area contributed by atoms with Crippen molar-refractivity contribution in [2.75, 3.05) is 19.6 Å². The molecule has 21 heavy (non-hydrogen) atoms. The molecule has 1 aliphatic rings. The molecule has 1 aliphatic heterocycles. The molecule has 1 heterocycles. The molecule has 0 spiro atoms. The summed E-state index contributed by atoms with van der Waals surface area (Å²) in [4.78, 5) is 25.1. The van der Waals surface area contributed by atoms with Crippen LogP contribution in [0.2, 0.25) is 0 Å². The van der Waals surface area contributed by atoms with Crippen LogP contribution < -0.4 is 5.32 Å². The highest BCUT2D eigenvalue weighted by Crippen LogP contribution is 2.16. The molecule has 2 rings (SSSR count). The molecule has 2 amide bonds. The van der Waals surface area contributed by atoms with E-state index >= 15 is 0 Å². The summed E-state index contributed by atoms with van der Waals surface area (Å²) in [6.45, 7) is 1.49. The lowest BCUT2D eigenvalue weighted by molar-refractivity contribution is -0.131. The van der Waals surface area contributed by atoms with Crippen molar-refractivity contribution >= 4 is 33.8 Å². The van der Waals surface area contributed by atoms with Gasteiger partial charge in [0.15, 0.2) is 0 Å². The van der Waals surface area contributed by atoms with E-state index in [4.69, 9.17) is 0 Å².